The molecular formula is C24H25N3O3. The lowest BCUT2D eigenvalue weighted by molar-refractivity contribution is -0.151. The van der Waals surface area contributed by atoms with Crippen molar-refractivity contribution in [3.63, 3.8) is 0 Å². The average Bonchev–Trinajstić information content (AvgIpc) is 3.06. The van der Waals surface area contributed by atoms with Crippen molar-refractivity contribution in [3.8, 4) is 5.69 Å². The third-order valence-electron chi connectivity index (χ3n) is 5.60. The van der Waals surface area contributed by atoms with E-state index in [1.165, 1.54) is 5.56 Å². The summed E-state index contributed by atoms with van der Waals surface area (Å²) in [6.07, 6.45) is 0.924. The van der Waals surface area contributed by atoms with Gasteiger partial charge in [-0.25, -0.2) is 4.68 Å². The zero-order valence-electron chi connectivity index (χ0n) is 17.3. The number of aryl methyl sites for hydroxylation is 1. The number of aromatic nitrogens is 2. The molecule has 30 heavy (non-hydrogen) atoms. The van der Waals surface area contributed by atoms with Crippen LogP contribution in [0, 0.1) is 13.8 Å². The van der Waals surface area contributed by atoms with Gasteiger partial charge in [0.05, 0.1) is 17.8 Å². The highest BCUT2D eigenvalue weighted by Gasteiger charge is 2.22. The van der Waals surface area contributed by atoms with Gasteiger partial charge in [0, 0.05) is 24.3 Å². The highest BCUT2D eigenvalue weighted by molar-refractivity contribution is 5.81. The number of esters is 1. The van der Waals surface area contributed by atoms with Crippen molar-refractivity contribution in [1.29, 1.82) is 0 Å². The molecule has 0 fully saturated rings. The molecule has 1 amide bonds. The van der Waals surface area contributed by atoms with Crippen molar-refractivity contribution < 1.29 is 14.3 Å². The van der Waals surface area contributed by atoms with E-state index < -0.39 is 5.97 Å². The first-order valence-electron chi connectivity index (χ1n) is 10.1. The summed E-state index contributed by atoms with van der Waals surface area (Å²) < 4.78 is 7.13. The topological polar surface area (TPSA) is 64.4 Å². The summed E-state index contributed by atoms with van der Waals surface area (Å²) in [6.45, 7) is 4.80. The van der Waals surface area contributed by atoms with E-state index in [9.17, 15) is 9.59 Å². The molecule has 2 aromatic carbocycles. The fourth-order valence-electron chi connectivity index (χ4n) is 3.89. The molecule has 0 saturated heterocycles. The minimum absolute atomic E-state index is 0.0978. The zero-order valence-corrected chi connectivity index (χ0v) is 17.3. The molecular weight excluding hydrogens is 378 g/mol. The highest BCUT2D eigenvalue weighted by atomic mass is 16.5. The predicted molar refractivity (Wildman–Crippen MR) is 113 cm³/mol. The molecule has 0 bridgehead atoms. The summed E-state index contributed by atoms with van der Waals surface area (Å²) in [7, 11) is 0. The maximum Gasteiger partial charge on any atom is 0.310 e. The fourth-order valence-corrected chi connectivity index (χ4v) is 3.89. The number of nitrogens with zero attached hydrogens (tertiary/aromatic N) is 3. The van der Waals surface area contributed by atoms with Gasteiger partial charge in [0.15, 0.2) is 6.61 Å². The van der Waals surface area contributed by atoms with E-state index in [4.69, 9.17) is 4.74 Å². The van der Waals surface area contributed by atoms with Gasteiger partial charge in [-0.1, -0.05) is 42.5 Å². The van der Waals surface area contributed by atoms with E-state index in [-0.39, 0.29) is 18.9 Å². The van der Waals surface area contributed by atoms with Crippen LogP contribution < -0.4 is 0 Å². The number of fused-ring (bicyclic) bond motifs is 1. The van der Waals surface area contributed by atoms with Gasteiger partial charge in [-0.2, -0.15) is 5.10 Å². The summed E-state index contributed by atoms with van der Waals surface area (Å²) in [5, 5.41) is 4.56. The third-order valence-corrected chi connectivity index (χ3v) is 5.60. The van der Waals surface area contributed by atoms with Crippen molar-refractivity contribution in [2.75, 3.05) is 13.2 Å². The molecule has 1 aromatic heterocycles. The predicted octanol–water partition coefficient (Wildman–Crippen LogP) is 3.16. The number of benzene rings is 2. The third kappa shape index (κ3) is 4.13. The second-order valence-electron chi connectivity index (χ2n) is 7.57. The number of amides is 1. The molecule has 0 atom stereocenters. The van der Waals surface area contributed by atoms with Gasteiger partial charge in [0.1, 0.15) is 0 Å². The van der Waals surface area contributed by atoms with Crippen LogP contribution in [-0.4, -0.2) is 39.7 Å². The van der Waals surface area contributed by atoms with Crippen molar-refractivity contribution in [2.45, 2.75) is 33.2 Å². The van der Waals surface area contributed by atoms with Gasteiger partial charge in [0.2, 0.25) is 0 Å². The van der Waals surface area contributed by atoms with E-state index in [1.807, 2.05) is 67.1 Å². The van der Waals surface area contributed by atoms with Crippen LogP contribution in [0.3, 0.4) is 0 Å². The van der Waals surface area contributed by atoms with Gasteiger partial charge in [-0.3, -0.25) is 9.59 Å². The largest absolute Gasteiger partial charge is 0.455 e. The van der Waals surface area contributed by atoms with E-state index in [2.05, 4.69) is 11.2 Å². The number of rotatable bonds is 5. The lowest BCUT2D eigenvalue weighted by atomic mass is 10.00. The van der Waals surface area contributed by atoms with Crippen molar-refractivity contribution >= 4 is 11.9 Å². The number of hydrogen-bond donors (Lipinski definition) is 0. The molecule has 1 aliphatic heterocycles. The standard InChI is InChI=1S/C24H25N3O3/c1-17-22(18(2)27(25-17)21-10-4-3-5-11-21)14-24(29)30-16-23(28)26-13-12-19-8-6-7-9-20(19)15-26/h3-11H,12-16H2,1-2H3. The van der Waals surface area contributed by atoms with E-state index in [0.29, 0.717) is 13.1 Å². The molecule has 6 heteroatoms. The van der Waals surface area contributed by atoms with Crippen LogP contribution in [0.2, 0.25) is 0 Å². The molecule has 0 saturated carbocycles. The van der Waals surface area contributed by atoms with Crippen LogP contribution in [-0.2, 0) is 33.7 Å². The molecule has 0 spiro atoms. The molecule has 0 aliphatic carbocycles. The molecule has 1 aliphatic rings. The Balaban J connectivity index is 1.36. The Morgan fingerprint density at radius 1 is 1.00 bits per heavy atom. The molecule has 4 rings (SSSR count). The number of para-hydroxylation sites is 1. The molecule has 3 aromatic rings. The van der Waals surface area contributed by atoms with Crippen LogP contribution in [0.25, 0.3) is 5.69 Å². The van der Waals surface area contributed by atoms with E-state index in [1.54, 1.807) is 4.90 Å². The van der Waals surface area contributed by atoms with Gasteiger partial charge < -0.3 is 9.64 Å². The molecule has 6 nitrogen and oxygen atoms in total. The number of carbonyl (C=O) groups is 2. The van der Waals surface area contributed by atoms with Gasteiger partial charge in [-0.15, -0.1) is 0 Å². The normalized spacial score (nSPS) is 13.1. The van der Waals surface area contributed by atoms with Gasteiger partial charge in [-0.05, 0) is 43.5 Å². The quantitative estimate of drug-likeness (QED) is 0.614. The minimum Gasteiger partial charge on any atom is -0.455 e. The van der Waals surface area contributed by atoms with Crippen LogP contribution in [0.1, 0.15) is 28.1 Å². The van der Waals surface area contributed by atoms with Gasteiger partial charge >= 0.3 is 5.97 Å². The number of carbonyl (C=O) groups excluding carboxylic acids is 2. The lowest BCUT2D eigenvalue weighted by Gasteiger charge is -2.28. The second kappa shape index (κ2) is 8.53. The maximum atomic E-state index is 12.5. The summed E-state index contributed by atoms with van der Waals surface area (Å²) in [4.78, 5) is 26.7. The first-order chi connectivity index (χ1) is 14.5. The molecule has 2 heterocycles. The summed E-state index contributed by atoms with van der Waals surface area (Å²) in [5.74, 6) is -0.578. The van der Waals surface area contributed by atoms with E-state index in [0.717, 1.165) is 34.6 Å². The van der Waals surface area contributed by atoms with Crippen LogP contribution in [0.4, 0.5) is 0 Å². The van der Waals surface area contributed by atoms with Crippen LogP contribution in [0.15, 0.2) is 54.6 Å². The number of ether oxygens (including phenoxy) is 1. The summed E-state index contributed by atoms with van der Waals surface area (Å²) >= 11 is 0. The molecule has 0 radical (unpaired) electrons. The summed E-state index contributed by atoms with van der Waals surface area (Å²) in [5.41, 5.74) is 5.89. The monoisotopic (exact) mass is 403 g/mol. The lowest BCUT2D eigenvalue weighted by Crippen LogP contribution is -2.38. The highest BCUT2D eigenvalue weighted by Crippen LogP contribution is 2.20. The first kappa shape index (κ1) is 19.9. The van der Waals surface area contributed by atoms with Gasteiger partial charge in [0.25, 0.3) is 5.91 Å². The van der Waals surface area contributed by atoms with Crippen LogP contribution in [0.5, 0.6) is 0 Å². The van der Waals surface area contributed by atoms with E-state index >= 15 is 0 Å². The Morgan fingerprint density at radius 3 is 2.47 bits per heavy atom. The Bertz CT molecular complexity index is 1070. The molecule has 0 unspecified atom stereocenters. The summed E-state index contributed by atoms with van der Waals surface area (Å²) in [6, 6.07) is 17.9. The smallest absolute Gasteiger partial charge is 0.310 e. The van der Waals surface area contributed by atoms with Crippen molar-refractivity contribution in [3.05, 3.63) is 82.7 Å². The Kier molecular flexibility index (Phi) is 5.65. The van der Waals surface area contributed by atoms with Crippen molar-refractivity contribution in [2.24, 2.45) is 0 Å². The Labute approximate surface area is 176 Å². The Morgan fingerprint density at radius 2 is 1.70 bits per heavy atom. The minimum atomic E-state index is -0.417. The van der Waals surface area contributed by atoms with Crippen LogP contribution >= 0.6 is 0 Å². The first-order valence-corrected chi connectivity index (χ1v) is 10.1. The van der Waals surface area contributed by atoms with Crippen molar-refractivity contribution in [1.82, 2.24) is 14.7 Å². The fraction of sp³-hybridized carbons (Fsp3) is 0.292. The average molecular weight is 403 g/mol. The molecule has 0 N–H and O–H groups in total. The number of hydrogen-bond acceptors (Lipinski definition) is 4. The second-order valence-corrected chi connectivity index (χ2v) is 7.57. The Hall–Kier alpha value is -3.41. The maximum absolute atomic E-state index is 12.5. The zero-order chi connectivity index (χ0) is 21.1. The SMILES string of the molecule is Cc1nn(-c2ccccc2)c(C)c1CC(=O)OCC(=O)N1CCc2ccccc2C1. The molecule has 154 valence electrons.